The summed E-state index contributed by atoms with van der Waals surface area (Å²) in [5, 5.41) is 0. The van der Waals surface area contributed by atoms with Gasteiger partial charge in [0, 0.05) is 29.9 Å². The molecule has 31 heavy (non-hydrogen) atoms. The van der Waals surface area contributed by atoms with Crippen LogP contribution in [0.3, 0.4) is 0 Å². The zero-order valence-corrected chi connectivity index (χ0v) is 20.1. The highest BCUT2D eigenvalue weighted by Gasteiger charge is 2.31. The van der Waals surface area contributed by atoms with E-state index < -0.39 is 15.9 Å². The maximum Gasteiger partial charge on any atom is 0.284 e. The number of carbonyl (C=O) groups excluding carboxylic acids is 1. The molecule has 0 radical (unpaired) electrons. The van der Waals surface area contributed by atoms with E-state index in [1.165, 1.54) is 10.6 Å². The summed E-state index contributed by atoms with van der Waals surface area (Å²) in [7, 11) is -3.69. The van der Waals surface area contributed by atoms with Crippen molar-refractivity contribution in [3.63, 3.8) is 0 Å². The summed E-state index contributed by atoms with van der Waals surface area (Å²) in [4.78, 5) is 21.2. The molecule has 2 aromatic rings. The maximum atomic E-state index is 12.6. The molecule has 4 rings (SSSR count). The van der Waals surface area contributed by atoms with E-state index in [4.69, 9.17) is 4.74 Å². The number of rotatable bonds is 6. The highest BCUT2D eigenvalue weighted by Crippen LogP contribution is 2.40. The van der Waals surface area contributed by atoms with Gasteiger partial charge in [-0.15, -0.1) is 11.3 Å². The summed E-state index contributed by atoms with van der Waals surface area (Å²) < 4.78 is 34.2. The van der Waals surface area contributed by atoms with Crippen molar-refractivity contribution in [2.75, 3.05) is 38.6 Å². The highest BCUT2D eigenvalue weighted by atomic mass is 32.2. The van der Waals surface area contributed by atoms with E-state index in [2.05, 4.69) is 35.4 Å². The Balaban J connectivity index is 1.37. The molecular weight excluding hydrogens is 436 g/mol. The molecule has 0 spiro atoms. The minimum Gasteiger partial charge on any atom is -0.379 e. The fourth-order valence-electron chi connectivity index (χ4n) is 4.38. The van der Waals surface area contributed by atoms with Gasteiger partial charge in [-0.05, 0) is 43.6 Å². The zero-order chi connectivity index (χ0) is 22.2. The number of hydrogen-bond donors (Lipinski definition) is 1. The molecule has 8 nitrogen and oxygen atoms in total. The normalized spacial score (nSPS) is 20.7. The Kier molecular flexibility index (Phi) is 6.44. The first-order valence-corrected chi connectivity index (χ1v) is 13.4. The first-order valence-electron chi connectivity index (χ1n) is 11.0. The molecule has 0 saturated carbocycles. The number of sulfonamides is 1. The number of fused-ring (bicyclic) bond motifs is 3. The van der Waals surface area contributed by atoms with E-state index >= 15 is 0 Å². The molecule has 1 unspecified atom stereocenters. The Morgan fingerprint density at radius 1 is 1.32 bits per heavy atom. The first-order chi connectivity index (χ1) is 14.6. The van der Waals surface area contributed by atoms with Gasteiger partial charge in [0.25, 0.3) is 5.91 Å². The number of ether oxygens (including phenoxy) is 1. The molecule has 1 N–H and O–H groups in total. The van der Waals surface area contributed by atoms with Crippen LogP contribution in [0.1, 0.15) is 54.7 Å². The van der Waals surface area contributed by atoms with Crippen molar-refractivity contribution >= 4 is 32.2 Å². The number of aromatic nitrogens is 2. The Hall–Kier alpha value is -1.49. The number of hydrogen-bond acceptors (Lipinski definition) is 7. The Labute approximate surface area is 188 Å². The van der Waals surface area contributed by atoms with Gasteiger partial charge in [-0.25, -0.2) is 18.1 Å². The molecule has 1 fully saturated rings. The first kappa shape index (κ1) is 22.7. The SMILES string of the molecule is CC(C)(C)C1CCc2c(sc3nc(C(=O)NS(=O)(=O)CCCN4CCOCC4)cn23)C1. The van der Waals surface area contributed by atoms with E-state index in [0.717, 1.165) is 37.3 Å². The number of morpholine rings is 1. The van der Waals surface area contributed by atoms with Gasteiger partial charge in [0.15, 0.2) is 4.96 Å². The van der Waals surface area contributed by atoms with Gasteiger partial charge in [0.05, 0.1) is 19.0 Å². The van der Waals surface area contributed by atoms with Gasteiger partial charge in [0.1, 0.15) is 5.69 Å². The van der Waals surface area contributed by atoms with E-state index in [9.17, 15) is 13.2 Å². The standard InChI is InChI=1S/C21H32N4O4S2/c1-21(2,3)15-5-6-17-18(13-15)30-20-22-16(14-25(17)20)19(26)23-31(27,28)12-4-7-24-8-10-29-11-9-24/h14-15H,4-13H2,1-3H3,(H,23,26). The van der Waals surface area contributed by atoms with Crippen molar-refractivity contribution in [2.24, 2.45) is 11.3 Å². The van der Waals surface area contributed by atoms with Crippen LogP contribution in [0.5, 0.6) is 0 Å². The van der Waals surface area contributed by atoms with E-state index in [0.29, 0.717) is 32.1 Å². The molecule has 0 bridgehead atoms. The van der Waals surface area contributed by atoms with Gasteiger partial charge in [-0.2, -0.15) is 0 Å². The van der Waals surface area contributed by atoms with Crippen LogP contribution in [0.4, 0.5) is 0 Å². The fraction of sp³-hybridized carbons (Fsp3) is 0.714. The zero-order valence-electron chi connectivity index (χ0n) is 18.5. The third kappa shape index (κ3) is 5.30. The molecule has 172 valence electrons. The number of carbonyl (C=O) groups is 1. The molecule has 3 heterocycles. The van der Waals surface area contributed by atoms with Crippen LogP contribution in [-0.2, 0) is 27.6 Å². The van der Waals surface area contributed by atoms with Gasteiger partial charge in [-0.1, -0.05) is 20.8 Å². The van der Waals surface area contributed by atoms with E-state index in [1.807, 2.05) is 4.40 Å². The summed E-state index contributed by atoms with van der Waals surface area (Å²) in [6.45, 7) is 10.5. The minimum absolute atomic E-state index is 0.0814. The lowest BCUT2D eigenvalue weighted by Crippen LogP contribution is -2.38. The van der Waals surface area contributed by atoms with Crippen molar-refractivity contribution in [3.05, 3.63) is 22.5 Å². The third-order valence-electron chi connectivity index (χ3n) is 6.36. The lowest BCUT2D eigenvalue weighted by atomic mass is 9.73. The van der Waals surface area contributed by atoms with E-state index in [-0.39, 0.29) is 16.9 Å². The van der Waals surface area contributed by atoms with Crippen LogP contribution in [0.25, 0.3) is 4.96 Å². The molecule has 1 atom stereocenters. The Bertz CT molecular complexity index is 1050. The summed E-state index contributed by atoms with van der Waals surface area (Å²) in [6.07, 6.45) is 5.25. The predicted octanol–water partition coefficient (Wildman–Crippen LogP) is 2.33. The largest absolute Gasteiger partial charge is 0.379 e. The van der Waals surface area contributed by atoms with Gasteiger partial charge in [0.2, 0.25) is 10.0 Å². The summed E-state index contributed by atoms with van der Waals surface area (Å²) in [6, 6.07) is 0. The lowest BCUT2D eigenvalue weighted by molar-refractivity contribution is 0.0381. The predicted molar refractivity (Wildman–Crippen MR) is 121 cm³/mol. The summed E-state index contributed by atoms with van der Waals surface area (Å²) in [5.41, 5.74) is 1.63. The van der Waals surface area contributed by atoms with Crippen LogP contribution in [0, 0.1) is 11.3 Å². The minimum atomic E-state index is -3.69. The monoisotopic (exact) mass is 468 g/mol. The van der Waals surface area contributed by atoms with Crippen LogP contribution >= 0.6 is 11.3 Å². The molecule has 10 heteroatoms. The van der Waals surface area contributed by atoms with Gasteiger partial charge >= 0.3 is 0 Å². The maximum absolute atomic E-state index is 12.6. The van der Waals surface area contributed by atoms with Crippen molar-refractivity contribution in [1.29, 1.82) is 0 Å². The third-order valence-corrected chi connectivity index (χ3v) is 8.80. The molecule has 0 aromatic carbocycles. The molecule has 2 aliphatic rings. The summed E-state index contributed by atoms with van der Waals surface area (Å²) in [5.74, 6) is -0.102. The smallest absolute Gasteiger partial charge is 0.284 e. The molecule has 1 aliphatic heterocycles. The van der Waals surface area contributed by atoms with Crippen LogP contribution in [0.2, 0.25) is 0 Å². The number of imidazole rings is 1. The number of nitrogens with one attached hydrogen (secondary N) is 1. The second-order valence-corrected chi connectivity index (χ2v) is 12.5. The number of aryl methyl sites for hydroxylation is 1. The quantitative estimate of drug-likeness (QED) is 0.700. The second-order valence-electron chi connectivity index (χ2n) is 9.61. The number of nitrogens with zero attached hydrogens (tertiary/aromatic N) is 3. The Morgan fingerprint density at radius 3 is 2.77 bits per heavy atom. The number of thiazole rings is 1. The van der Waals surface area contributed by atoms with Crippen molar-refractivity contribution in [3.8, 4) is 0 Å². The van der Waals surface area contributed by atoms with E-state index in [1.54, 1.807) is 17.5 Å². The van der Waals surface area contributed by atoms with Crippen LogP contribution in [0.15, 0.2) is 6.20 Å². The second kappa shape index (κ2) is 8.80. The van der Waals surface area contributed by atoms with Gasteiger partial charge in [-0.3, -0.25) is 14.1 Å². The summed E-state index contributed by atoms with van der Waals surface area (Å²) >= 11 is 1.61. The molecule has 2 aromatic heterocycles. The molecule has 1 aliphatic carbocycles. The number of amides is 1. The lowest BCUT2D eigenvalue weighted by Gasteiger charge is -2.33. The van der Waals surface area contributed by atoms with Crippen LogP contribution in [-0.4, -0.2) is 67.2 Å². The average Bonchev–Trinajstić information content (AvgIpc) is 3.25. The Morgan fingerprint density at radius 2 is 2.06 bits per heavy atom. The molecule has 1 amide bonds. The fourth-order valence-corrected chi connectivity index (χ4v) is 6.61. The van der Waals surface area contributed by atoms with Crippen LogP contribution < -0.4 is 4.72 Å². The van der Waals surface area contributed by atoms with Crippen molar-refractivity contribution < 1.29 is 17.9 Å². The van der Waals surface area contributed by atoms with Crippen molar-refractivity contribution in [1.82, 2.24) is 19.0 Å². The molecular formula is C21H32N4O4S2. The average molecular weight is 469 g/mol. The topological polar surface area (TPSA) is 93.0 Å². The van der Waals surface area contributed by atoms with Crippen molar-refractivity contribution in [2.45, 2.75) is 46.5 Å². The molecule has 1 saturated heterocycles. The van der Waals surface area contributed by atoms with Gasteiger partial charge < -0.3 is 4.74 Å². The highest BCUT2D eigenvalue weighted by molar-refractivity contribution is 7.90.